The molecule has 0 unspecified atom stereocenters. The molecule has 162 valence electrons. The molecule has 0 spiro atoms. The van der Waals surface area contributed by atoms with Crippen molar-refractivity contribution in [3.8, 4) is 11.6 Å². The average molecular weight is 432 g/mol. The molecule has 6 nitrogen and oxygen atoms in total. The second-order valence-electron chi connectivity index (χ2n) is 8.05. The number of anilines is 1. The number of halogens is 1. The molecule has 1 fully saturated rings. The van der Waals surface area contributed by atoms with Crippen LogP contribution >= 0.6 is 11.6 Å². The van der Waals surface area contributed by atoms with E-state index >= 15 is 0 Å². The zero-order valence-electron chi connectivity index (χ0n) is 18.0. The maximum atomic E-state index is 13.1. The summed E-state index contributed by atoms with van der Waals surface area (Å²) in [6.07, 6.45) is 3.01. The monoisotopic (exact) mass is 431 g/mol. The van der Waals surface area contributed by atoms with Gasteiger partial charge in [0.15, 0.2) is 0 Å². The molecular formula is C23H30ClN3O3. The maximum absolute atomic E-state index is 13.1. The summed E-state index contributed by atoms with van der Waals surface area (Å²) in [5.41, 5.74) is 3.40. The van der Waals surface area contributed by atoms with Crippen LogP contribution in [-0.2, 0) is 0 Å². The predicted octanol–water partition coefficient (Wildman–Crippen LogP) is 4.78. The van der Waals surface area contributed by atoms with Crippen LogP contribution < -0.4 is 15.4 Å². The van der Waals surface area contributed by atoms with Crippen molar-refractivity contribution >= 4 is 23.2 Å². The first-order valence-corrected chi connectivity index (χ1v) is 10.8. The quantitative estimate of drug-likeness (QED) is 0.532. The molecule has 1 aliphatic rings. The van der Waals surface area contributed by atoms with E-state index in [1.807, 2.05) is 45.9 Å². The van der Waals surface area contributed by atoms with Crippen LogP contribution in [0.25, 0.3) is 0 Å². The molecule has 0 bridgehead atoms. The Morgan fingerprint density at radius 3 is 2.50 bits per heavy atom. The van der Waals surface area contributed by atoms with Gasteiger partial charge in [0.1, 0.15) is 11.3 Å². The normalized spacial score (nSPS) is 14.3. The lowest BCUT2D eigenvalue weighted by Gasteiger charge is -2.21. The summed E-state index contributed by atoms with van der Waals surface area (Å²) in [7, 11) is 0. The number of benzene rings is 1. The van der Waals surface area contributed by atoms with E-state index < -0.39 is 0 Å². The fourth-order valence-electron chi connectivity index (χ4n) is 3.35. The van der Waals surface area contributed by atoms with Gasteiger partial charge in [0.25, 0.3) is 5.91 Å². The van der Waals surface area contributed by atoms with E-state index in [0.29, 0.717) is 46.6 Å². The average Bonchev–Trinajstić information content (AvgIpc) is 3.51. The largest absolute Gasteiger partial charge is 0.438 e. The minimum atomic E-state index is -0.232. The van der Waals surface area contributed by atoms with E-state index in [1.165, 1.54) is 0 Å². The Morgan fingerprint density at radius 1 is 1.27 bits per heavy atom. The van der Waals surface area contributed by atoms with Gasteiger partial charge in [-0.15, -0.1) is 0 Å². The Bertz CT molecular complexity index is 901. The van der Waals surface area contributed by atoms with E-state index in [9.17, 15) is 9.90 Å². The number of pyridine rings is 1. The standard InChI is InChI=1S/C23H30ClN3O3/c1-5-18(12-28)27-19-10-15(4)26-23(20(19)22(29)25-11-16-6-7-16)30-21-13(2)8-17(24)9-14(21)3/h8-10,16,18,28H,5-7,11-12H2,1-4H3,(H,25,29)(H,26,27)/t18-/m0/s1. The zero-order valence-corrected chi connectivity index (χ0v) is 18.8. The third kappa shape index (κ3) is 5.43. The second-order valence-corrected chi connectivity index (χ2v) is 8.48. The van der Waals surface area contributed by atoms with Gasteiger partial charge in [-0.3, -0.25) is 4.79 Å². The SMILES string of the molecule is CC[C@@H](CO)Nc1cc(C)nc(Oc2c(C)cc(Cl)cc2C)c1C(=O)NCC1CC1. The number of aryl methyl sites for hydroxylation is 3. The van der Waals surface area contributed by atoms with Crippen molar-refractivity contribution < 1.29 is 14.6 Å². The van der Waals surface area contributed by atoms with Gasteiger partial charge < -0.3 is 20.5 Å². The number of ether oxygens (including phenoxy) is 1. The second kappa shape index (κ2) is 9.67. The van der Waals surface area contributed by atoms with E-state index in [1.54, 1.807) is 0 Å². The van der Waals surface area contributed by atoms with Gasteiger partial charge >= 0.3 is 0 Å². The van der Waals surface area contributed by atoms with Gasteiger partial charge in [0, 0.05) is 23.3 Å². The minimum absolute atomic E-state index is 0.0351. The highest BCUT2D eigenvalue weighted by Gasteiger charge is 2.26. The van der Waals surface area contributed by atoms with Crippen LogP contribution in [0.3, 0.4) is 0 Å². The van der Waals surface area contributed by atoms with Crippen molar-refractivity contribution in [2.24, 2.45) is 5.92 Å². The summed E-state index contributed by atoms with van der Waals surface area (Å²) in [6.45, 7) is 8.26. The van der Waals surface area contributed by atoms with Gasteiger partial charge in [-0.05, 0) is 75.3 Å². The number of amides is 1. The fourth-order valence-corrected chi connectivity index (χ4v) is 3.68. The van der Waals surface area contributed by atoms with Gasteiger partial charge in [-0.2, -0.15) is 0 Å². The molecule has 1 aliphatic carbocycles. The Labute approximate surface area is 183 Å². The van der Waals surface area contributed by atoms with Crippen molar-refractivity contribution in [1.29, 1.82) is 0 Å². The Balaban J connectivity index is 2.03. The molecule has 0 radical (unpaired) electrons. The number of rotatable bonds is 9. The maximum Gasteiger partial charge on any atom is 0.258 e. The number of carbonyl (C=O) groups excluding carboxylic acids is 1. The lowest BCUT2D eigenvalue weighted by atomic mass is 10.1. The van der Waals surface area contributed by atoms with Crippen LogP contribution in [0.15, 0.2) is 18.2 Å². The van der Waals surface area contributed by atoms with E-state index in [0.717, 1.165) is 24.0 Å². The first kappa shape index (κ1) is 22.4. The first-order valence-electron chi connectivity index (χ1n) is 10.4. The number of carbonyl (C=O) groups is 1. The van der Waals surface area contributed by atoms with Crippen molar-refractivity contribution in [1.82, 2.24) is 10.3 Å². The number of hydrogen-bond acceptors (Lipinski definition) is 5. The molecule has 30 heavy (non-hydrogen) atoms. The van der Waals surface area contributed by atoms with E-state index in [2.05, 4.69) is 15.6 Å². The Morgan fingerprint density at radius 2 is 1.93 bits per heavy atom. The number of aliphatic hydroxyl groups excluding tert-OH is 1. The van der Waals surface area contributed by atoms with Gasteiger partial charge in [-0.25, -0.2) is 4.98 Å². The molecule has 0 aliphatic heterocycles. The lowest BCUT2D eigenvalue weighted by molar-refractivity contribution is 0.0949. The van der Waals surface area contributed by atoms with Gasteiger partial charge in [0.05, 0.1) is 12.3 Å². The third-order valence-corrected chi connectivity index (χ3v) is 5.50. The molecule has 1 heterocycles. The number of nitrogens with zero attached hydrogens (tertiary/aromatic N) is 1. The predicted molar refractivity (Wildman–Crippen MR) is 120 cm³/mol. The highest BCUT2D eigenvalue weighted by Crippen LogP contribution is 2.35. The summed E-state index contributed by atoms with van der Waals surface area (Å²) in [5, 5.41) is 16.6. The summed E-state index contributed by atoms with van der Waals surface area (Å²) in [4.78, 5) is 17.7. The smallest absolute Gasteiger partial charge is 0.258 e. The Hall–Kier alpha value is -2.31. The first-order chi connectivity index (χ1) is 14.3. The summed E-state index contributed by atoms with van der Waals surface area (Å²) < 4.78 is 6.21. The minimum Gasteiger partial charge on any atom is -0.438 e. The number of nitrogens with one attached hydrogen (secondary N) is 2. The molecule has 1 aromatic carbocycles. The third-order valence-electron chi connectivity index (χ3n) is 5.29. The number of aromatic nitrogens is 1. The fraction of sp³-hybridized carbons (Fsp3) is 0.478. The Kier molecular flexibility index (Phi) is 7.21. The molecule has 2 aromatic rings. The van der Waals surface area contributed by atoms with Crippen LogP contribution in [0.2, 0.25) is 5.02 Å². The zero-order chi connectivity index (χ0) is 21.8. The summed E-state index contributed by atoms with van der Waals surface area (Å²) >= 11 is 6.15. The van der Waals surface area contributed by atoms with Crippen molar-refractivity contribution in [2.45, 2.75) is 53.0 Å². The molecule has 7 heteroatoms. The van der Waals surface area contributed by atoms with Crippen LogP contribution in [0.4, 0.5) is 5.69 Å². The highest BCUT2D eigenvalue weighted by molar-refractivity contribution is 6.30. The van der Waals surface area contributed by atoms with Crippen LogP contribution in [0, 0.1) is 26.7 Å². The van der Waals surface area contributed by atoms with Crippen molar-refractivity contribution in [3.05, 3.63) is 45.6 Å². The van der Waals surface area contributed by atoms with Crippen LogP contribution in [0.1, 0.15) is 53.4 Å². The number of aliphatic hydroxyl groups is 1. The van der Waals surface area contributed by atoms with Gasteiger partial charge in [0.2, 0.25) is 5.88 Å². The molecule has 3 N–H and O–H groups in total. The topological polar surface area (TPSA) is 83.5 Å². The van der Waals surface area contributed by atoms with Crippen molar-refractivity contribution in [3.63, 3.8) is 0 Å². The van der Waals surface area contributed by atoms with Crippen molar-refractivity contribution in [2.75, 3.05) is 18.5 Å². The molecule has 3 rings (SSSR count). The lowest BCUT2D eigenvalue weighted by Crippen LogP contribution is -2.29. The molecule has 0 saturated heterocycles. The van der Waals surface area contributed by atoms with E-state index in [4.69, 9.17) is 16.3 Å². The molecule has 1 aromatic heterocycles. The van der Waals surface area contributed by atoms with E-state index in [-0.39, 0.29) is 24.4 Å². The highest BCUT2D eigenvalue weighted by atomic mass is 35.5. The molecule has 1 saturated carbocycles. The van der Waals surface area contributed by atoms with Gasteiger partial charge in [-0.1, -0.05) is 18.5 Å². The molecule has 1 amide bonds. The van der Waals surface area contributed by atoms with Crippen LogP contribution in [0.5, 0.6) is 11.6 Å². The van der Waals surface area contributed by atoms with Crippen LogP contribution in [-0.4, -0.2) is 35.2 Å². The number of hydrogen-bond donors (Lipinski definition) is 3. The molecule has 1 atom stereocenters. The molecular weight excluding hydrogens is 402 g/mol. The summed E-state index contributed by atoms with van der Waals surface area (Å²) in [5.74, 6) is 1.19. The summed E-state index contributed by atoms with van der Waals surface area (Å²) in [6, 6.07) is 5.29.